The van der Waals surface area contributed by atoms with Crippen LogP contribution in [0.1, 0.15) is 60.5 Å². The number of benzene rings is 1. The van der Waals surface area contributed by atoms with Crippen molar-refractivity contribution in [2.75, 3.05) is 0 Å². The fraction of sp³-hybridized carbons (Fsp3) is 0.533. The summed E-state index contributed by atoms with van der Waals surface area (Å²) in [6.45, 7) is 0. The third kappa shape index (κ3) is 1.97. The molecule has 1 amide bonds. The lowest BCUT2D eigenvalue weighted by Crippen LogP contribution is -2.25. The zero-order chi connectivity index (χ0) is 11.7. The molecule has 1 atom stereocenters. The monoisotopic (exact) mass is 229 g/mol. The Labute approximate surface area is 102 Å². The molecule has 1 aliphatic carbocycles. The zero-order valence-corrected chi connectivity index (χ0v) is 10.1. The molecule has 1 aromatic carbocycles. The Balaban J connectivity index is 1.87. The molecule has 2 nitrogen and oxygen atoms in total. The van der Waals surface area contributed by atoms with E-state index in [9.17, 15) is 4.79 Å². The molecule has 1 N–H and O–H groups in total. The van der Waals surface area contributed by atoms with E-state index in [0.29, 0.717) is 5.92 Å². The van der Waals surface area contributed by atoms with Gasteiger partial charge in [0.15, 0.2) is 0 Å². The molecule has 0 saturated heterocycles. The Hall–Kier alpha value is -1.31. The fourth-order valence-electron chi connectivity index (χ4n) is 3.29. The minimum Gasteiger partial charge on any atom is -0.345 e. The van der Waals surface area contributed by atoms with Gasteiger partial charge in [0.1, 0.15) is 0 Å². The third-order valence-corrected chi connectivity index (χ3v) is 4.20. The molecule has 1 aliphatic heterocycles. The van der Waals surface area contributed by atoms with Gasteiger partial charge in [0.2, 0.25) is 0 Å². The summed E-state index contributed by atoms with van der Waals surface area (Å²) in [6.07, 6.45) is 7.88. The average molecular weight is 229 g/mol. The highest BCUT2D eigenvalue weighted by molar-refractivity contribution is 5.99. The predicted octanol–water partition coefficient (Wildman–Crippen LogP) is 3.44. The Bertz CT molecular complexity index is 419. The van der Waals surface area contributed by atoms with Gasteiger partial charge in [-0.1, -0.05) is 43.9 Å². The second-order valence-corrected chi connectivity index (χ2v) is 5.29. The molecule has 1 saturated carbocycles. The third-order valence-electron chi connectivity index (χ3n) is 4.20. The molecule has 1 heterocycles. The highest BCUT2D eigenvalue weighted by Gasteiger charge is 2.33. The fourth-order valence-corrected chi connectivity index (χ4v) is 3.29. The minimum absolute atomic E-state index is 0.120. The molecule has 0 aromatic heterocycles. The Morgan fingerprint density at radius 2 is 1.71 bits per heavy atom. The van der Waals surface area contributed by atoms with E-state index < -0.39 is 0 Å². The molecule has 90 valence electrons. The summed E-state index contributed by atoms with van der Waals surface area (Å²) < 4.78 is 0. The number of amides is 1. The molecule has 1 unspecified atom stereocenters. The topological polar surface area (TPSA) is 29.1 Å². The number of carbonyl (C=O) groups excluding carboxylic acids is 1. The van der Waals surface area contributed by atoms with Crippen LogP contribution in [0.25, 0.3) is 0 Å². The number of nitrogens with one attached hydrogen (secondary N) is 1. The largest absolute Gasteiger partial charge is 0.345 e. The Kier molecular flexibility index (Phi) is 2.87. The molecule has 2 aliphatic rings. The second kappa shape index (κ2) is 4.52. The lowest BCUT2D eigenvalue weighted by atomic mass is 9.88. The van der Waals surface area contributed by atoms with E-state index in [2.05, 4.69) is 11.4 Å². The first-order valence-corrected chi connectivity index (χ1v) is 6.76. The maximum atomic E-state index is 11.9. The summed E-state index contributed by atoms with van der Waals surface area (Å²) >= 11 is 0. The van der Waals surface area contributed by atoms with Gasteiger partial charge in [-0.2, -0.15) is 0 Å². The van der Waals surface area contributed by atoms with Gasteiger partial charge in [0.25, 0.3) is 5.91 Å². The van der Waals surface area contributed by atoms with Crippen molar-refractivity contribution in [1.82, 2.24) is 5.32 Å². The van der Waals surface area contributed by atoms with Gasteiger partial charge in [-0.3, -0.25) is 4.79 Å². The van der Waals surface area contributed by atoms with Gasteiger partial charge in [-0.05, 0) is 30.4 Å². The molecule has 17 heavy (non-hydrogen) atoms. The van der Waals surface area contributed by atoms with Crippen molar-refractivity contribution < 1.29 is 4.79 Å². The van der Waals surface area contributed by atoms with Crippen LogP contribution in [-0.2, 0) is 0 Å². The SMILES string of the molecule is O=C1NC(C2CCCCCC2)c2ccccc21. The molecule has 0 bridgehead atoms. The summed E-state index contributed by atoms with van der Waals surface area (Å²) in [7, 11) is 0. The van der Waals surface area contributed by atoms with Gasteiger partial charge >= 0.3 is 0 Å². The first-order valence-electron chi connectivity index (χ1n) is 6.76. The number of rotatable bonds is 1. The second-order valence-electron chi connectivity index (χ2n) is 5.29. The van der Waals surface area contributed by atoms with Crippen molar-refractivity contribution >= 4 is 5.91 Å². The zero-order valence-electron chi connectivity index (χ0n) is 10.1. The van der Waals surface area contributed by atoms with Gasteiger partial charge in [-0.15, -0.1) is 0 Å². The highest BCUT2D eigenvalue weighted by atomic mass is 16.2. The minimum atomic E-state index is 0.120. The number of hydrogen-bond donors (Lipinski definition) is 1. The van der Waals surface area contributed by atoms with Crippen LogP contribution in [0, 0.1) is 5.92 Å². The molecule has 1 fully saturated rings. The van der Waals surface area contributed by atoms with Crippen molar-refractivity contribution in [2.24, 2.45) is 5.92 Å². The lowest BCUT2D eigenvalue weighted by molar-refractivity contribution is 0.0944. The predicted molar refractivity (Wildman–Crippen MR) is 67.8 cm³/mol. The van der Waals surface area contributed by atoms with Gasteiger partial charge < -0.3 is 5.32 Å². The van der Waals surface area contributed by atoms with Crippen LogP contribution >= 0.6 is 0 Å². The summed E-state index contributed by atoms with van der Waals surface area (Å²) in [6, 6.07) is 8.33. The van der Waals surface area contributed by atoms with Crippen molar-refractivity contribution in [3.8, 4) is 0 Å². The maximum Gasteiger partial charge on any atom is 0.252 e. The van der Waals surface area contributed by atoms with E-state index in [1.807, 2.05) is 18.2 Å². The van der Waals surface area contributed by atoms with E-state index in [0.717, 1.165) is 5.56 Å². The van der Waals surface area contributed by atoms with Crippen molar-refractivity contribution in [3.63, 3.8) is 0 Å². The quantitative estimate of drug-likeness (QED) is 0.734. The standard InChI is InChI=1S/C15H19NO/c17-15-13-10-6-5-9-12(13)14(16-15)11-7-3-1-2-4-8-11/h5-6,9-11,14H,1-4,7-8H2,(H,16,17). The van der Waals surface area contributed by atoms with Gasteiger partial charge in [0.05, 0.1) is 6.04 Å². The molecule has 0 radical (unpaired) electrons. The number of fused-ring (bicyclic) bond motifs is 1. The number of carbonyl (C=O) groups is 1. The Morgan fingerprint density at radius 1 is 1.00 bits per heavy atom. The van der Waals surface area contributed by atoms with Crippen LogP contribution in [0.15, 0.2) is 24.3 Å². The van der Waals surface area contributed by atoms with Crippen LogP contribution in [0.5, 0.6) is 0 Å². The number of hydrogen-bond acceptors (Lipinski definition) is 1. The summed E-state index contributed by atoms with van der Waals surface area (Å²) in [5, 5.41) is 3.18. The van der Waals surface area contributed by atoms with E-state index in [1.54, 1.807) is 0 Å². The van der Waals surface area contributed by atoms with Gasteiger partial charge in [-0.25, -0.2) is 0 Å². The average Bonchev–Trinajstić information content (AvgIpc) is 2.57. The Morgan fingerprint density at radius 3 is 2.47 bits per heavy atom. The summed E-state index contributed by atoms with van der Waals surface area (Å²) in [4.78, 5) is 11.9. The van der Waals surface area contributed by atoms with Crippen LogP contribution in [-0.4, -0.2) is 5.91 Å². The molecule has 3 rings (SSSR count). The van der Waals surface area contributed by atoms with Gasteiger partial charge in [0, 0.05) is 5.56 Å². The van der Waals surface area contributed by atoms with Crippen molar-refractivity contribution in [2.45, 2.75) is 44.6 Å². The molecule has 0 spiro atoms. The van der Waals surface area contributed by atoms with Crippen LogP contribution in [0.3, 0.4) is 0 Å². The molecular formula is C15H19NO. The normalized spacial score (nSPS) is 25.2. The van der Waals surface area contributed by atoms with Crippen molar-refractivity contribution in [1.29, 1.82) is 0 Å². The van der Waals surface area contributed by atoms with E-state index in [1.165, 1.54) is 44.1 Å². The lowest BCUT2D eigenvalue weighted by Gasteiger charge is -2.22. The maximum absolute atomic E-state index is 11.9. The molecule has 1 aromatic rings. The van der Waals surface area contributed by atoms with E-state index in [-0.39, 0.29) is 11.9 Å². The first-order chi connectivity index (χ1) is 8.36. The highest BCUT2D eigenvalue weighted by Crippen LogP contribution is 2.37. The molecular weight excluding hydrogens is 210 g/mol. The summed E-state index contributed by atoms with van der Waals surface area (Å²) in [5.74, 6) is 0.764. The smallest absolute Gasteiger partial charge is 0.252 e. The van der Waals surface area contributed by atoms with E-state index in [4.69, 9.17) is 0 Å². The van der Waals surface area contributed by atoms with Crippen molar-refractivity contribution in [3.05, 3.63) is 35.4 Å². The van der Waals surface area contributed by atoms with E-state index >= 15 is 0 Å². The van der Waals surface area contributed by atoms with Crippen LogP contribution in [0.4, 0.5) is 0 Å². The van der Waals surface area contributed by atoms with Crippen LogP contribution < -0.4 is 5.32 Å². The van der Waals surface area contributed by atoms with Crippen LogP contribution in [0.2, 0.25) is 0 Å². The summed E-state index contributed by atoms with van der Waals surface area (Å²) in [5.41, 5.74) is 2.12. The molecule has 2 heteroatoms. The first kappa shape index (κ1) is 10.8.